The molecule has 19 nitrogen and oxygen atoms in total. The molecule has 2 aliphatic rings. The van der Waals surface area contributed by atoms with E-state index < -0.39 is 48.4 Å². The number of carboxylic acid groups (broad SMARTS) is 1. The van der Waals surface area contributed by atoms with Crippen LogP contribution >= 0.6 is 0 Å². The Balaban J connectivity index is 0.000000405. The van der Waals surface area contributed by atoms with Crippen molar-refractivity contribution in [2.24, 2.45) is 5.73 Å². The second-order valence-corrected chi connectivity index (χ2v) is 22.9. The molecular weight excluding hydrogens is 1160 g/mol. The number of nitrogens with one attached hydrogen (secondary N) is 5. The number of amides is 7. The summed E-state index contributed by atoms with van der Waals surface area (Å²) >= 11 is 0. The van der Waals surface area contributed by atoms with Crippen LogP contribution < -0.4 is 41.8 Å². The van der Waals surface area contributed by atoms with Gasteiger partial charge in [-0.2, -0.15) is 0 Å². The van der Waals surface area contributed by atoms with Crippen LogP contribution in [0, 0.1) is 27.7 Å². The summed E-state index contributed by atoms with van der Waals surface area (Å²) in [6.07, 6.45) is 2.42. The highest BCUT2D eigenvalue weighted by Crippen LogP contribution is 2.24. The molecule has 19 heteroatoms. The quantitative estimate of drug-likeness (QED) is 0.0234. The van der Waals surface area contributed by atoms with E-state index in [1.54, 1.807) is 6.92 Å². The summed E-state index contributed by atoms with van der Waals surface area (Å²) in [4.78, 5) is 76.1. The fourth-order valence-corrected chi connectivity index (χ4v) is 10.8. The third-order valence-electron chi connectivity index (χ3n) is 15.7. The first-order valence-electron chi connectivity index (χ1n) is 30.6. The van der Waals surface area contributed by atoms with Gasteiger partial charge in [-0.25, -0.2) is 14.4 Å². The molecule has 10 N–H and O–H groups in total. The minimum absolute atomic E-state index is 0. The number of aryl methyl sites for hydroxylation is 4. The first kappa shape index (κ1) is 77.5. The smallest absolute Gasteiger partial charge is 0.326 e. The van der Waals surface area contributed by atoms with Gasteiger partial charge in [0, 0.05) is 38.3 Å². The fraction of sp³-hybridized carbons (Fsp3) is 0.425. The normalized spacial score (nSPS) is 15.1. The molecule has 2 heterocycles. The maximum Gasteiger partial charge on any atom is 0.326 e. The van der Waals surface area contributed by atoms with E-state index in [2.05, 4.69) is 26.6 Å². The van der Waals surface area contributed by atoms with Crippen molar-refractivity contribution < 1.29 is 53.6 Å². The Morgan fingerprint density at radius 2 is 0.848 bits per heavy atom. The molecule has 6 aromatic rings. The zero-order valence-electron chi connectivity index (χ0n) is 52.1. The molecule has 7 amide bonds. The van der Waals surface area contributed by atoms with E-state index in [1.165, 1.54) is 16.7 Å². The minimum atomic E-state index is -0.984. The molecule has 0 aromatic heterocycles. The number of hydrogen-bond acceptors (Lipinski definition) is 11. The highest BCUT2D eigenvalue weighted by Gasteiger charge is 2.32. The molecule has 0 saturated carbocycles. The van der Waals surface area contributed by atoms with Gasteiger partial charge in [-0.05, 0) is 137 Å². The number of benzene rings is 6. The van der Waals surface area contributed by atoms with E-state index in [0.717, 1.165) is 63.1 Å². The van der Waals surface area contributed by atoms with Gasteiger partial charge in [-0.1, -0.05) is 180 Å². The number of carbonyl (C=O) groups excluding carboxylic acids is 5. The molecule has 0 bridgehead atoms. The monoisotopic (exact) mass is 1270 g/mol. The second-order valence-electron chi connectivity index (χ2n) is 22.9. The second kappa shape index (κ2) is 40.2. The minimum Gasteiger partial charge on any atom is -0.483 e. The first-order valence-corrected chi connectivity index (χ1v) is 30.6. The topological polar surface area (TPSA) is 274 Å². The Labute approximate surface area is 545 Å². The third kappa shape index (κ3) is 25.5. The fourth-order valence-electron chi connectivity index (χ4n) is 10.8. The number of urea groups is 2. The van der Waals surface area contributed by atoms with Crippen LogP contribution in [0.15, 0.2) is 158 Å². The van der Waals surface area contributed by atoms with Gasteiger partial charge in [0.05, 0.1) is 24.3 Å². The maximum absolute atomic E-state index is 13.4. The van der Waals surface area contributed by atoms with Gasteiger partial charge in [0.2, 0.25) is 5.91 Å². The zero-order chi connectivity index (χ0) is 64.2. The summed E-state index contributed by atoms with van der Waals surface area (Å²) in [5, 5.41) is 45.7. The number of ether oxygens (including phenoxy) is 2. The predicted molar refractivity (Wildman–Crippen MR) is 365 cm³/mol. The Morgan fingerprint density at radius 3 is 1.22 bits per heavy atom. The van der Waals surface area contributed by atoms with Crippen LogP contribution in [-0.2, 0) is 44.9 Å². The Hall–Kier alpha value is -8.78. The summed E-state index contributed by atoms with van der Waals surface area (Å²) < 4.78 is 11.7. The molecule has 0 spiro atoms. The van der Waals surface area contributed by atoms with Crippen molar-refractivity contribution in [1.82, 2.24) is 36.4 Å². The number of carbonyl (C=O) groups is 6. The number of nitrogens with zero attached hydrogens (tertiary/aromatic N) is 2. The molecule has 92 heavy (non-hydrogen) atoms. The number of nitrogens with two attached hydrogens (primary N) is 1. The van der Waals surface area contributed by atoms with Gasteiger partial charge < -0.3 is 66.9 Å². The van der Waals surface area contributed by atoms with Gasteiger partial charge in [0.1, 0.15) is 23.6 Å². The molecule has 2 fully saturated rings. The molecule has 2 aliphatic heterocycles. The number of para-hydroxylation sites is 2. The largest absolute Gasteiger partial charge is 0.483 e. The molecule has 0 unspecified atom stereocenters. The van der Waals surface area contributed by atoms with Crippen LogP contribution in [0.2, 0.25) is 0 Å². The molecule has 0 radical (unpaired) electrons. The average Bonchev–Trinajstić information content (AvgIpc) is 1.35. The first-order chi connectivity index (χ1) is 42.8. The van der Waals surface area contributed by atoms with Gasteiger partial charge >= 0.3 is 18.0 Å². The molecule has 8 atom stereocenters. The van der Waals surface area contributed by atoms with Crippen molar-refractivity contribution in [2.75, 3.05) is 39.4 Å². The lowest BCUT2D eigenvalue weighted by atomic mass is 9.93. The van der Waals surface area contributed by atoms with E-state index in [1.807, 2.05) is 185 Å². The van der Waals surface area contributed by atoms with Crippen molar-refractivity contribution in [2.45, 2.75) is 164 Å². The molecule has 6 aromatic carbocycles. The molecule has 0 aliphatic carbocycles. The summed E-state index contributed by atoms with van der Waals surface area (Å²) in [6, 6.07) is 47.2. The van der Waals surface area contributed by atoms with Crippen molar-refractivity contribution in [3.05, 3.63) is 202 Å². The average molecular weight is 1270 g/mol. The van der Waals surface area contributed by atoms with E-state index in [9.17, 15) is 39.0 Å². The highest BCUT2D eigenvalue weighted by atomic mass is 16.5. The standard InChI is InChI=1S/C35H44N4O5.C28H34N2O3.C7H12N2O3.3CH4/c1-24-12-10-13-25(2)33(24)44-23-32(41)38-30(21-28-16-8-5-9-17-28)31(40)22-29(20-27-14-6-4-7-15-27)37-34(42)26(3)39-19-11-18-36-35(39)43;1-20-10-9-11-21(2)28(20)33-19-27(32)30-25(17-23-14-7-4-8-15-23)26(31)18-24(29)16-22-12-5-3-6-13-22;1-5(6(10)11)9-4-2-3-8-7(9)12;;;/h4-10,12-17,26,29-31,40H,11,18-23H2,1-3H3,(H,36,43)(H,37,42)(H,38,41);3-15,24-26,31H,16-19,29H2,1-2H3,(H,30,32);5H,2-4H2,1H3,(H,8,12)(H,10,11);3*1H4/t26-,29-,30-,31-;24-,25-,26-;5-;;;/m000.../s1. The van der Waals surface area contributed by atoms with Crippen LogP contribution in [-0.4, -0.2) is 149 Å². The van der Waals surface area contributed by atoms with Crippen LogP contribution in [0.25, 0.3) is 0 Å². The predicted octanol–water partition coefficient (Wildman–Crippen LogP) is 9.21. The van der Waals surface area contributed by atoms with Crippen molar-refractivity contribution in [3.8, 4) is 11.5 Å². The number of rotatable bonds is 27. The maximum atomic E-state index is 13.4. The highest BCUT2D eigenvalue weighted by molar-refractivity contribution is 5.87. The lowest BCUT2D eigenvalue weighted by molar-refractivity contribution is -0.141. The molecule has 8 rings (SSSR count). The Morgan fingerprint density at radius 1 is 0.500 bits per heavy atom. The van der Waals surface area contributed by atoms with Crippen LogP contribution in [0.4, 0.5) is 9.59 Å². The van der Waals surface area contributed by atoms with Gasteiger partial charge in [0.25, 0.3) is 11.8 Å². The van der Waals surface area contributed by atoms with Crippen LogP contribution in [0.5, 0.6) is 11.5 Å². The van der Waals surface area contributed by atoms with Crippen molar-refractivity contribution in [3.63, 3.8) is 0 Å². The van der Waals surface area contributed by atoms with Crippen LogP contribution in [0.3, 0.4) is 0 Å². The number of hydrogen-bond donors (Lipinski definition) is 9. The van der Waals surface area contributed by atoms with Crippen LogP contribution in [0.1, 0.15) is 106 Å². The SMILES string of the molecule is C.C.C.C[C@@H](C(=O)O)N1CCCNC1=O.Cc1cccc(C)c1OCC(=O)N[C@@H](Cc1ccccc1)[C@@H](O)C[C@@H](N)Cc1ccccc1.Cc1cccc(C)c1OCC(=O)N[C@@H](Cc1ccccc1)[C@@H](O)C[C@H](Cc1ccccc1)NC(=O)[C@H](C)N1CCCNC1=O. The number of carboxylic acids is 1. The zero-order valence-corrected chi connectivity index (χ0v) is 52.1. The van der Waals surface area contributed by atoms with Crippen molar-refractivity contribution >= 4 is 35.8 Å². The Kier molecular flexibility index (Phi) is 33.8. The summed E-state index contributed by atoms with van der Waals surface area (Å²) in [7, 11) is 0. The van der Waals surface area contributed by atoms with E-state index >= 15 is 0 Å². The Bertz CT molecular complexity index is 3140. The molecule has 500 valence electrons. The van der Waals surface area contributed by atoms with Gasteiger partial charge in [0.15, 0.2) is 13.2 Å². The lowest BCUT2D eigenvalue weighted by Crippen LogP contribution is -2.57. The number of aliphatic hydroxyl groups excluding tert-OH is 2. The lowest BCUT2D eigenvalue weighted by Gasteiger charge is -2.34. The third-order valence-corrected chi connectivity index (χ3v) is 15.7. The van der Waals surface area contributed by atoms with E-state index in [-0.39, 0.29) is 77.7 Å². The van der Waals surface area contributed by atoms with Crippen molar-refractivity contribution in [1.29, 1.82) is 0 Å². The summed E-state index contributed by atoms with van der Waals surface area (Å²) in [6.45, 7) is 13.0. The summed E-state index contributed by atoms with van der Waals surface area (Å²) in [5.41, 5.74) is 14.3. The molecule has 2 saturated heterocycles. The molecular formula is C73H102N8O11. The van der Waals surface area contributed by atoms with Gasteiger partial charge in [-0.3, -0.25) is 14.4 Å². The number of aliphatic carboxylic acids is 1. The van der Waals surface area contributed by atoms with E-state index in [0.29, 0.717) is 64.0 Å². The summed E-state index contributed by atoms with van der Waals surface area (Å²) in [5.74, 6) is -0.481. The number of aliphatic hydroxyl groups is 2. The van der Waals surface area contributed by atoms with E-state index in [4.69, 9.17) is 20.3 Å². The van der Waals surface area contributed by atoms with Gasteiger partial charge in [-0.15, -0.1) is 0 Å².